The number of aryl methyl sites for hydroxylation is 2. The molecule has 0 radical (unpaired) electrons. The molecule has 1 atom stereocenters. The van der Waals surface area contributed by atoms with Gasteiger partial charge < -0.3 is 16.4 Å². The van der Waals surface area contributed by atoms with Crippen LogP contribution in [0.4, 0.5) is 5.69 Å². The molecule has 1 aliphatic rings. The molecule has 2 heterocycles. The van der Waals surface area contributed by atoms with Crippen molar-refractivity contribution in [1.82, 2.24) is 10.3 Å². The third kappa shape index (κ3) is 2.46. The lowest BCUT2D eigenvalue weighted by molar-refractivity contribution is 0.1000. The molecular weight excluding hydrogens is 228 g/mol. The maximum atomic E-state index is 11.6. The first-order valence-electron chi connectivity index (χ1n) is 6.18. The summed E-state index contributed by atoms with van der Waals surface area (Å²) in [5, 5.41) is 6.76. The van der Waals surface area contributed by atoms with Crippen molar-refractivity contribution in [3.8, 4) is 0 Å². The largest absolute Gasteiger partial charge is 0.378 e. The topological polar surface area (TPSA) is 80.0 Å². The fraction of sp³-hybridized carbons (Fsp3) is 0.538. The number of hydrogen-bond acceptors (Lipinski definition) is 4. The van der Waals surface area contributed by atoms with Crippen LogP contribution in [0.3, 0.4) is 0 Å². The maximum absolute atomic E-state index is 11.6. The van der Waals surface area contributed by atoms with Crippen molar-refractivity contribution >= 4 is 11.6 Å². The van der Waals surface area contributed by atoms with Crippen LogP contribution in [0.15, 0.2) is 6.07 Å². The van der Waals surface area contributed by atoms with Gasteiger partial charge in [0.15, 0.2) is 0 Å². The molecule has 2 rings (SSSR count). The second-order valence-electron chi connectivity index (χ2n) is 5.25. The van der Waals surface area contributed by atoms with Gasteiger partial charge in [0.05, 0.1) is 16.9 Å². The first-order chi connectivity index (χ1) is 8.41. The van der Waals surface area contributed by atoms with Crippen molar-refractivity contribution < 1.29 is 4.79 Å². The Labute approximate surface area is 107 Å². The molecule has 5 heteroatoms. The van der Waals surface area contributed by atoms with E-state index in [1.165, 1.54) is 0 Å². The van der Waals surface area contributed by atoms with Crippen molar-refractivity contribution in [2.45, 2.75) is 32.7 Å². The van der Waals surface area contributed by atoms with Gasteiger partial charge in [-0.2, -0.15) is 0 Å². The van der Waals surface area contributed by atoms with Crippen molar-refractivity contribution in [3.63, 3.8) is 0 Å². The number of nitrogens with zero attached hydrogens (tertiary/aromatic N) is 1. The summed E-state index contributed by atoms with van der Waals surface area (Å²) in [7, 11) is 0. The molecule has 5 nitrogen and oxygen atoms in total. The van der Waals surface area contributed by atoms with Crippen LogP contribution in [0.2, 0.25) is 0 Å². The van der Waals surface area contributed by atoms with E-state index in [9.17, 15) is 4.79 Å². The minimum atomic E-state index is -0.433. The number of primary amides is 1. The third-order valence-corrected chi connectivity index (χ3v) is 3.38. The predicted molar refractivity (Wildman–Crippen MR) is 71.7 cm³/mol. The average molecular weight is 248 g/mol. The second-order valence-corrected chi connectivity index (χ2v) is 5.25. The summed E-state index contributed by atoms with van der Waals surface area (Å²) >= 11 is 0. The van der Waals surface area contributed by atoms with E-state index in [2.05, 4.69) is 22.5 Å². The Hall–Kier alpha value is -1.62. The molecule has 98 valence electrons. The predicted octanol–water partition coefficient (Wildman–Crippen LogP) is 0.961. The third-order valence-electron chi connectivity index (χ3n) is 3.38. The van der Waals surface area contributed by atoms with Gasteiger partial charge in [-0.1, -0.05) is 0 Å². The molecule has 0 spiro atoms. The molecule has 0 bridgehead atoms. The van der Waals surface area contributed by atoms with Gasteiger partial charge in [-0.25, -0.2) is 0 Å². The maximum Gasteiger partial charge on any atom is 0.252 e. The van der Waals surface area contributed by atoms with Crippen molar-refractivity contribution in [1.29, 1.82) is 0 Å². The van der Waals surface area contributed by atoms with Crippen LogP contribution < -0.4 is 16.4 Å². The average Bonchev–Trinajstić information content (AvgIpc) is 2.62. The summed E-state index contributed by atoms with van der Waals surface area (Å²) in [6.07, 6.45) is 1.02. The first kappa shape index (κ1) is 12.8. The van der Waals surface area contributed by atoms with Crippen LogP contribution in [0.5, 0.6) is 0 Å². The van der Waals surface area contributed by atoms with Gasteiger partial charge >= 0.3 is 0 Å². The standard InChI is InChI=1S/C13H20N4O/c1-8-6-10(11(12(14)18)9(2)16-8)17-13(3)4-5-15-7-13/h6,15H,4-5,7H2,1-3H3,(H2,14,18)(H,16,17). The molecule has 1 fully saturated rings. The molecule has 1 aliphatic heterocycles. The van der Waals surface area contributed by atoms with Gasteiger partial charge in [-0.3, -0.25) is 9.78 Å². The fourth-order valence-electron chi connectivity index (χ4n) is 2.49. The Kier molecular flexibility index (Phi) is 3.26. The Bertz CT molecular complexity index is 478. The van der Waals surface area contributed by atoms with E-state index < -0.39 is 5.91 Å². The number of nitrogens with one attached hydrogen (secondary N) is 2. The lowest BCUT2D eigenvalue weighted by Gasteiger charge is -2.27. The summed E-state index contributed by atoms with van der Waals surface area (Å²) in [5.74, 6) is -0.433. The quantitative estimate of drug-likeness (QED) is 0.744. The van der Waals surface area contributed by atoms with E-state index in [-0.39, 0.29) is 5.54 Å². The van der Waals surface area contributed by atoms with E-state index >= 15 is 0 Å². The number of nitrogens with two attached hydrogens (primary N) is 1. The number of anilines is 1. The van der Waals surface area contributed by atoms with Crippen LogP contribution in [-0.4, -0.2) is 29.5 Å². The highest BCUT2D eigenvalue weighted by Crippen LogP contribution is 2.26. The smallest absolute Gasteiger partial charge is 0.252 e. The van der Waals surface area contributed by atoms with Gasteiger partial charge in [0.2, 0.25) is 0 Å². The Morgan fingerprint density at radius 1 is 1.56 bits per heavy atom. The SMILES string of the molecule is Cc1cc(NC2(C)CCNC2)c(C(N)=O)c(C)n1. The van der Waals surface area contributed by atoms with Crippen LogP contribution in [-0.2, 0) is 0 Å². The number of hydrogen-bond donors (Lipinski definition) is 3. The lowest BCUT2D eigenvalue weighted by Crippen LogP contribution is -2.37. The molecule has 1 saturated heterocycles. The molecule has 0 aliphatic carbocycles. The second kappa shape index (κ2) is 4.57. The zero-order valence-corrected chi connectivity index (χ0v) is 11.1. The van der Waals surface area contributed by atoms with E-state index in [0.717, 1.165) is 30.9 Å². The van der Waals surface area contributed by atoms with Crippen molar-refractivity contribution in [3.05, 3.63) is 23.0 Å². The Morgan fingerprint density at radius 3 is 2.83 bits per heavy atom. The minimum absolute atomic E-state index is 0.0373. The normalized spacial score (nSPS) is 23.1. The van der Waals surface area contributed by atoms with E-state index in [1.807, 2.05) is 19.9 Å². The number of aromatic nitrogens is 1. The van der Waals surface area contributed by atoms with Gasteiger partial charge in [0.1, 0.15) is 0 Å². The first-order valence-corrected chi connectivity index (χ1v) is 6.18. The molecule has 1 unspecified atom stereocenters. The van der Waals surface area contributed by atoms with Gasteiger partial charge in [0.25, 0.3) is 5.91 Å². The van der Waals surface area contributed by atoms with Crippen LogP contribution >= 0.6 is 0 Å². The number of rotatable bonds is 3. The van der Waals surface area contributed by atoms with Crippen molar-refractivity contribution in [2.75, 3.05) is 18.4 Å². The van der Waals surface area contributed by atoms with Gasteiger partial charge in [0, 0.05) is 17.8 Å². The molecule has 4 N–H and O–H groups in total. The minimum Gasteiger partial charge on any atom is -0.378 e. The molecule has 18 heavy (non-hydrogen) atoms. The number of amides is 1. The van der Waals surface area contributed by atoms with Crippen molar-refractivity contribution in [2.24, 2.45) is 5.73 Å². The number of carbonyl (C=O) groups excluding carboxylic acids is 1. The van der Waals surface area contributed by atoms with Crippen LogP contribution in [0.1, 0.15) is 35.1 Å². The summed E-state index contributed by atoms with van der Waals surface area (Å²) in [5.41, 5.74) is 8.26. The molecular formula is C13H20N4O. The fourth-order valence-corrected chi connectivity index (χ4v) is 2.49. The molecule has 0 aromatic carbocycles. The zero-order chi connectivity index (χ0) is 13.3. The summed E-state index contributed by atoms with van der Waals surface area (Å²) in [4.78, 5) is 15.9. The summed E-state index contributed by atoms with van der Waals surface area (Å²) in [6.45, 7) is 7.73. The van der Waals surface area contributed by atoms with Crippen LogP contribution in [0, 0.1) is 13.8 Å². The zero-order valence-electron chi connectivity index (χ0n) is 11.1. The Balaban J connectivity index is 2.39. The summed E-state index contributed by atoms with van der Waals surface area (Å²) in [6, 6.07) is 1.89. The molecule has 1 aromatic rings. The van der Waals surface area contributed by atoms with E-state index in [0.29, 0.717) is 11.3 Å². The van der Waals surface area contributed by atoms with Gasteiger partial charge in [-0.15, -0.1) is 0 Å². The highest BCUT2D eigenvalue weighted by Gasteiger charge is 2.29. The molecule has 0 saturated carbocycles. The molecule has 1 aromatic heterocycles. The highest BCUT2D eigenvalue weighted by molar-refractivity contribution is 5.99. The van der Waals surface area contributed by atoms with E-state index in [4.69, 9.17) is 5.73 Å². The Morgan fingerprint density at radius 2 is 2.28 bits per heavy atom. The summed E-state index contributed by atoms with van der Waals surface area (Å²) < 4.78 is 0. The highest BCUT2D eigenvalue weighted by atomic mass is 16.1. The number of carbonyl (C=O) groups is 1. The lowest BCUT2D eigenvalue weighted by atomic mass is 9.99. The number of pyridine rings is 1. The van der Waals surface area contributed by atoms with E-state index in [1.54, 1.807) is 0 Å². The van der Waals surface area contributed by atoms with Gasteiger partial charge in [-0.05, 0) is 39.8 Å². The van der Waals surface area contributed by atoms with Crippen LogP contribution in [0.25, 0.3) is 0 Å². The molecule has 1 amide bonds. The monoisotopic (exact) mass is 248 g/mol.